The molecule has 0 unspecified atom stereocenters. The van der Waals surface area contributed by atoms with Gasteiger partial charge in [0.1, 0.15) is 15.9 Å². The molecule has 0 radical (unpaired) electrons. The van der Waals surface area contributed by atoms with E-state index in [0.717, 1.165) is 16.6 Å². The van der Waals surface area contributed by atoms with Crippen molar-refractivity contribution in [1.29, 1.82) is 0 Å². The topological polar surface area (TPSA) is 133 Å². The Hall–Kier alpha value is -4.24. The summed E-state index contributed by atoms with van der Waals surface area (Å²) < 4.78 is 34.7. The van der Waals surface area contributed by atoms with Crippen molar-refractivity contribution in [1.82, 2.24) is 20.2 Å². The van der Waals surface area contributed by atoms with Crippen LogP contribution in [0.15, 0.2) is 140 Å². The first-order valence-corrected chi connectivity index (χ1v) is 17.1. The van der Waals surface area contributed by atoms with Crippen LogP contribution >= 0.6 is 18.9 Å². The molecule has 1 aromatic heterocycles. The average Bonchev–Trinajstić information content (AvgIpc) is 3.53. The van der Waals surface area contributed by atoms with E-state index in [1.807, 2.05) is 28.9 Å². The molecule has 6 rings (SSSR count). The van der Waals surface area contributed by atoms with E-state index >= 15 is 0 Å². The molecule has 1 N–H and O–H groups in total. The zero-order chi connectivity index (χ0) is 31.9. The minimum atomic E-state index is -4.69. The Morgan fingerprint density at radius 3 is 1.60 bits per heavy atom. The van der Waals surface area contributed by atoms with Crippen LogP contribution in [0.5, 0.6) is 0 Å². The second-order valence-electron chi connectivity index (χ2n) is 9.91. The number of aromatic nitrogens is 4. The fourth-order valence-corrected chi connectivity index (χ4v) is 9.46. The number of nitrogens with zero attached hydrogens (tertiary/aromatic N) is 4. The summed E-state index contributed by atoms with van der Waals surface area (Å²) in [4.78, 5) is 0. The normalized spacial score (nSPS) is 11.9. The molecule has 1 heterocycles. The van der Waals surface area contributed by atoms with E-state index in [2.05, 4.69) is 144 Å². The molecule has 8 nitrogen and oxygen atoms in total. The number of hydrogen-bond donors (Lipinski definition) is 1. The maximum Gasteiger partial charge on any atom is 0.203 e. The summed E-state index contributed by atoms with van der Waals surface area (Å²) in [7, 11) is -7.23. The molecule has 45 heavy (non-hydrogen) atoms. The Bertz CT molecular complexity index is 1750. The van der Waals surface area contributed by atoms with Crippen molar-refractivity contribution in [2.75, 3.05) is 0 Å². The van der Waals surface area contributed by atoms with Gasteiger partial charge in [-0.05, 0) is 71.4 Å². The molecule has 0 saturated heterocycles. The van der Waals surface area contributed by atoms with Gasteiger partial charge in [0.25, 0.3) is 0 Å². The molecule has 11 heteroatoms. The molecule has 0 aliphatic heterocycles. The summed E-state index contributed by atoms with van der Waals surface area (Å²) in [5.74, 6) is 0.687. The molecule has 5 aromatic carbocycles. The van der Waals surface area contributed by atoms with Crippen molar-refractivity contribution in [2.45, 2.75) is 6.92 Å². The molecule has 0 atom stereocenters. The van der Waals surface area contributed by atoms with Gasteiger partial charge < -0.3 is 0 Å². The van der Waals surface area contributed by atoms with Crippen molar-refractivity contribution in [3.8, 4) is 11.4 Å². The predicted octanol–water partition coefficient (Wildman–Crippen LogP) is 3.13. The highest BCUT2D eigenvalue weighted by molar-refractivity contribution is 8.03. The zero-order valence-corrected chi connectivity index (χ0v) is 26.4. The van der Waals surface area contributed by atoms with Crippen LogP contribution in [0.2, 0.25) is 5.02 Å². The van der Waals surface area contributed by atoms with E-state index in [0.29, 0.717) is 10.8 Å². The van der Waals surface area contributed by atoms with Crippen molar-refractivity contribution in [3.05, 3.63) is 156 Å². The van der Waals surface area contributed by atoms with Gasteiger partial charge in [0, 0.05) is 16.7 Å². The molecule has 0 aliphatic rings. The van der Waals surface area contributed by atoms with Crippen molar-refractivity contribution in [2.24, 2.45) is 0 Å². The van der Waals surface area contributed by atoms with E-state index in [1.165, 1.54) is 21.5 Å². The molecule has 0 aliphatic carbocycles. The van der Waals surface area contributed by atoms with Gasteiger partial charge in [-0.3, -0.25) is 0 Å². The Morgan fingerprint density at radius 1 is 0.711 bits per heavy atom. The minimum absolute atomic E-state index is 0.687. The van der Waals surface area contributed by atoms with Crippen LogP contribution in [0.3, 0.4) is 0 Å². The summed E-state index contributed by atoms with van der Waals surface area (Å²) >= 11 is 6.29. The van der Waals surface area contributed by atoms with Crippen LogP contribution in [0.4, 0.5) is 0 Å². The first kappa shape index (κ1) is 32.2. The van der Waals surface area contributed by atoms with Gasteiger partial charge in [0.05, 0.1) is 14.9 Å². The Labute approximate surface area is 268 Å². The van der Waals surface area contributed by atoms with Gasteiger partial charge in [-0.2, -0.15) is 18.7 Å². The van der Waals surface area contributed by atoms with E-state index in [-0.39, 0.29) is 0 Å². The minimum Gasteiger partial charge on any atom is -0.183 e. The van der Waals surface area contributed by atoms with E-state index in [9.17, 15) is 0 Å². The van der Waals surface area contributed by atoms with Gasteiger partial charge in [-0.25, -0.2) is 0 Å². The molecular formula is C34H28Cl2N4O4P+. The van der Waals surface area contributed by atoms with Gasteiger partial charge in [-0.1, -0.05) is 108 Å². The first-order valence-electron chi connectivity index (χ1n) is 13.7. The van der Waals surface area contributed by atoms with Gasteiger partial charge in [0.15, 0.2) is 13.1 Å². The highest BCUT2D eigenvalue weighted by Crippen LogP contribution is 2.65. The van der Waals surface area contributed by atoms with E-state index < -0.39 is 17.5 Å². The standard InChI is InChI=1S/C34H27ClN4P.ClHO4/c1-26-17-21-28(22-18-26)34-36-37-38-39(34)33(25-27-19-23-29(35)24-20-27)40(30-11-5-2-6-12-30,31-13-7-3-8-14-31)32-15-9-4-10-16-32;2-1(3,4)5/h2-25H,1H3;(H,2,3,4,5)/q+1;/b33-25+;. The lowest BCUT2D eigenvalue weighted by Crippen LogP contribution is -2.58. The third-order valence-electron chi connectivity index (χ3n) is 6.94. The fourth-order valence-electron chi connectivity index (χ4n) is 5.03. The Kier molecular flexibility index (Phi) is 10.2. The van der Waals surface area contributed by atoms with E-state index in [1.54, 1.807) is 0 Å². The smallest absolute Gasteiger partial charge is 0.183 e. The SMILES string of the molecule is Cc1ccc(-c2nnnn2/C(=C\c2ccc(Cl)cc2)[P+](c2ccccc2)(c2ccccc2)c2ccccc2)cc1.[O-][Cl+3]([O-])([O-])O. The summed E-state index contributed by atoms with van der Waals surface area (Å²) in [6, 6.07) is 48.4. The third-order valence-corrected chi connectivity index (χ3v) is 11.4. The quantitative estimate of drug-likeness (QED) is 0.261. The largest absolute Gasteiger partial charge is 0.203 e. The van der Waals surface area contributed by atoms with Crippen molar-refractivity contribution in [3.63, 3.8) is 0 Å². The number of benzene rings is 5. The van der Waals surface area contributed by atoms with Gasteiger partial charge >= 0.3 is 0 Å². The molecular weight excluding hydrogens is 630 g/mol. The predicted molar refractivity (Wildman–Crippen MR) is 171 cm³/mol. The van der Waals surface area contributed by atoms with Gasteiger partial charge in [0.2, 0.25) is 5.44 Å². The number of hydrogen-bond acceptors (Lipinski definition) is 7. The second kappa shape index (κ2) is 14.2. The highest BCUT2D eigenvalue weighted by atomic mass is 35.7. The molecule has 0 amide bonds. The van der Waals surface area contributed by atoms with Crippen LogP contribution in [0, 0.1) is 17.2 Å². The molecule has 0 spiro atoms. The van der Waals surface area contributed by atoms with Crippen molar-refractivity contribution >= 4 is 46.3 Å². The molecule has 0 bridgehead atoms. The lowest BCUT2D eigenvalue weighted by Gasteiger charge is -2.29. The molecule has 6 aromatic rings. The maximum absolute atomic E-state index is 8.60. The average molecular weight is 659 g/mol. The summed E-state index contributed by atoms with van der Waals surface area (Å²) in [5.41, 5.74) is 4.14. The molecule has 226 valence electrons. The molecule has 0 fully saturated rings. The Morgan fingerprint density at radius 2 is 1.16 bits per heavy atom. The number of halogens is 2. The summed E-state index contributed by atoms with van der Waals surface area (Å²) in [6.07, 6.45) is 2.21. The summed E-state index contributed by atoms with van der Waals surface area (Å²) in [6.45, 7) is 2.08. The third kappa shape index (κ3) is 7.71. The summed E-state index contributed by atoms with van der Waals surface area (Å²) in [5, 5.41) is 17.7. The molecule has 0 saturated carbocycles. The monoisotopic (exact) mass is 657 g/mol. The Balaban J connectivity index is 0.000000743. The van der Waals surface area contributed by atoms with Crippen LogP contribution in [0.1, 0.15) is 11.1 Å². The van der Waals surface area contributed by atoms with Crippen LogP contribution < -0.4 is 29.9 Å². The fraction of sp³-hybridized carbons (Fsp3) is 0.0294. The lowest BCUT2D eigenvalue weighted by atomic mass is 10.1. The van der Waals surface area contributed by atoms with Crippen LogP contribution in [-0.4, -0.2) is 24.9 Å². The first-order chi connectivity index (χ1) is 21.7. The van der Waals surface area contributed by atoms with Gasteiger partial charge in [-0.15, -0.1) is 5.10 Å². The second-order valence-corrected chi connectivity index (χ2v) is 14.5. The van der Waals surface area contributed by atoms with Crippen molar-refractivity contribution < 1.29 is 28.9 Å². The number of tetrazole rings is 1. The lowest BCUT2D eigenvalue weighted by molar-refractivity contribution is -1.92. The zero-order valence-electron chi connectivity index (χ0n) is 24.0. The van der Waals surface area contributed by atoms with Crippen LogP contribution in [-0.2, 0) is 0 Å². The highest BCUT2D eigenvalue weighted by Gasteiger charge is 2.52. The maximum atomic E-state index is 8.60. The number of aryl methyl sites for hydroxylation is 1. The van der Waals surface area contributed by atoms with Crippen LogP contribution in [0.25, 0.3) is 22.9 Å². The van der Waals surface area contributed by atoms with E-state index in [4.69, 9.17) is 30.2 Å². The number of rotatable bonds is 7.